The zero-order valence-corrected chi connectivity index (χ0v) is 16.0. The van der Waals surface area contributed by atoms with Gasteiger partial charge in [0.05, 0.1) is 12.7 Å². The highest BCUT2D eigenvalue weighted by molar-refractivity contribution is 5.79. The van der Waals surface area contributed by atoms with E-state index in [2.05, 4.69) is 34.4 Å². The van der Waals surface area contributed by atoms with E-state index < -0.39 is 0 Å². The zero-order valence-electron chi connectivity index (χ0n) is 16.0. The smallest absolute Gasteiger partial charge is 0.190 e. The lowest BCUT2D eigenvalue weighted by atomic mass is 10.3. The van der Waals surface area contributed by atoms with Gasteiger partial charge < -0.3 is 25.0 Å². The van der Waals surface area contributed by atoms with Crippen LogP contribution in [0.5, 0.6) is 0 Å². The predicted molar refractivity (Wildman–Crippen MR) is 101 cm³/mol. The maximum absolute atomic E-state index is 5.76. The predicted octanol–water partition coefficient (Wildman–Crippen LogP) is 1.86. The van der Waals surface area contributed by atoms with Crippen molar-refractivity contribution in [1.82, 2.24) is 15.5 Å². The Morgan fingerprint density at radius 2 is 1.83 bits per heavy atom. The second-order valence-electron chi connectivity index (χ2n) is 6.33. The van der Waals surface area contributed by atoms with Crippen molar-refractivity contribution in [1.29, 1.82) is 0 Å². The van der Waals surface area contributed by atoms with Crippen LogP contribution in [0, 0.1) is 0 Å². The van der Waals surface area contributed by atoms with Crippen LogP contribution in [0.4, 0.5) is 0 Å². The average Bonchev–Trinajstić information content (AvgIpc) is 3.10. The van der Waals surface area contributed by atoms with E-state index in [4.69, 9.17) is 9.47 Å². The number of hydrogen-bond acceptors (Lipinski definition) is 4. The Kier molecular flexibility index (Phi) is 12.8. The third kappa shape index (κ3) is 10.1. The minimum Gasteiger partial charge on any atom is -0.379 e. The molecule has 1 unspecified atom stereocenters. The fourth-order valence-electron chi connectivity index (χ4n) is 2.87. The van der Waals surface area contributed by atoms with Crippen molar-refractivity contribution in [2.75, 3.05) is 59.6 Å². The summed E-state index contributed by atoms with van der Waals surface area (Å²) >= 11 is 0. The van der Waals surface area contributed by atoms with Gasteiger partial charge in [-0.3, -0.25) is 4.99 Å². The van der Waals surface area contributed by atoms with Gasteiger partial charge in [0.2, 0.25) is 0 Å². The number of nitrogens with zero attached hydrogens (tertiary/aromatic N) is 2. The summed E-state index contributed by atoms with van der Waals surface area (Å²) in [5, 5.41) is 6.74. The van der Waals surface area contributed by atoms with Crippen LogP contribution in [0.25, 0.3) is 0 Å². The van der Waals surface area contributed by atoms with Crippen molar-refractivity contribution >= 4 is 5.96 Å². The molecule has 1 aliphatic rings. The first-order valence-electron chi connectivity index (χ1n) is 9.66. The molecule has 0 aromatic rings. The Balaban J connectivity index is 2.01. The molecule has 0 amide bonds. The van der Waals surface area contributed by atoms with Crippen molar-refractivity contribution in [2.45, 2.75) is 52.1 Å². The second kappa shape index (κ2) is 14.5. The number of rotatable bonds is 13. The van der Waals surface area contributed by atoms with Gasteiger partial charge in [-0.25, -0.2) is 0 Å². The summed E-state index contributed by atoms with van der Waals surface area (Å²) in [5.41, 5.74) is 0. The van der Waals surface area contributed by atoms with E-state index in [0.29, 0.717) is 6.10 Å². The van der Waals surface area contributed by atoms with E-state index >= 15 is 0 Å². The van der Waals surface area contributed by atoms with E-state index in [1.165, 1.54) is 25.9 Å². The molecule has 0 radical (unpaired) electrons. The van der Waals surface area contributed by atoms with Crippen LogP contribution in [0.15, 0.2) is 4.99 Å². The number of hydrogen-bond donors (Lipinski definition) is 2. The van der Waals surface area contributed by atoms with Crippen molar-refractivity contribution in [3.63, 3.8) is 0 Å². The molecule has 0 aromatic heterocycles. The standard InChI is InChI=1S/C18H38N4O2/c1-4-11-22(12-5-2)13-6-9-20-18(19-3)21-10-7-14-24-17-8-15-23-16-17/h17H,4-16H2,1-3H3,(H2,19,20,21). The van der Waals surface area contributed by atoms with Crippen LogP contribution in [0.1, 0.15) is 46.0 Å². The van der Waals surface area contributed by atoms with Crippen LogP contribution in [0.2, 0.25) is 0 Å². The number of aliphatic imine (C=N–C) groups is 1. The molecule has 1 rings (SSSR count). The van der Waals surface area contributed by atoms with Gasteiger partial charge in [0.15, 0.2) is 5.96 Å². The number of guanidine groups is 1. The Bertz CT molecular complexity index is 314. The summed E-state index contributed by atoms with van der Waals surface area (Å²) in [5.74, 6) is 0.886. The summed E-state index contributed by atoms with van der Waals surface area (Å²) in [4.78, 5) is 6.82. The second-order valence-corrected chi connectivity index (χ2v) is 6.33. The third-order valence-electron chi connectivity index (χ3n) is 4.10. The monoisotopic (exact) mass is 342 g/mol. The summed E-state index contributed by atoms with van der Waals surface area (Å²) in [7, 11) is 1.82. The van der Waals surface area contributed by atoms with Gasteiger partial charge in [-0.15, -0.1) is 0 Å². The molecule has 142 valence electrons. The first kappa shape index (κ1) is 21.2. The van der Waals surface area contributed by atoms with Crippen molar-refractivity contribution < 1.29 is 9.47 Å². The summed E-state index contributed by atoms with van der Waals surface area (Å²) in [6, 6.07) is 0. The molecule has 1 aliphatic heterocycles. The maximum atomic E-state index is 5.76. The lowest BCUT2D eigenvalue weighted by Gasteiger charge is -2.21. The Hall–Kier alpha value is -0.850. The van der Waals surface area contributed by atoms with Crippen LogP contribution >= 0.6 is 0 Å². The van der Waals surface area contributed by atoms with E-state index in [1.54, 1.807) is 0 Å². The van der Waals surface area contributed by atoms with Gasteiger partial charge in [-0.1, -0.05) is 13.8 Å². The molecule has 6 nitrogen and oxygen atoms in total. The van der Waals surface area contributed by atoms with Crippen LogP contribution < -0.4 is 10.6 Å². The van der Waals surface area contributed by atoms with Crippen molar-refractivity contribution in [3.8, 4) is 0 Å². The largest absolute Gasteiger partial charge is 0.379 e. The van der Waals surface area contributed by atoms with E-state index in [0.717, 1.165) is 64.7 Å². The molecule has 1 fully saturated rings. The molecule has 6 heteroatoms. The number of nitrogens with one attached hydrogen (secondary N) is 2. The molecule has 1 saturated heterocycles. The summed E-state index contributed by atoms with van der Waals surface area (Å²) in [6.07, 6.45) is 5.92. The van der Waals surface area contributed by atoms with Gasteiger partial charge in [0.25, 0.3) is 0 Å². The molecule has 0 spiro atoms. The Morgan fingerprint density at radius 1 is 1.12 bits per heavy atom. The van der Waals surface area contributed by atoms with E-state index in [-0.39, 0.29) is 0 Å². The van der Waals surface area contributed by atoms with Crippen molar-refractivity contribution in [3.05, 3.63) is 0 Å². The normalized spacial score (nSPS) is 18.3. The van der Waals surface area contributed by atoms with Crippen LogP contribution in [-0.2, 0) is 9.47 Å². The zero-order chi connectivity index (χ0) is 17.5. The topological polar surface area (TPSA) is 58.1 Å². The quantitative estimate of drug-likeness (QED) is 0.304. The Morgan fingerprint density at radius 3 is 2.42 bits per heavy atom. The Labute approximate surface area is 148 Å². The summed E-state index contributed by atoms with van der Waals surface area (Å²) in [6.45, 7) is 12.3. The highest BCUT2D eigenvalue weighted by atomic mass is 16.5. The molecular weight excluding hydrogens is 304 g/mol. The molecule has 2 N–H and O–H groups in total. The number of ether oxygens (including phenoxy) is 2. The molecule has 0 aliphatic carbocycles. The molecule has 1 atom stereocenters. The fourth-order valence-corrected chi connectivity index (χ4v) is 2.87. The third-order valence-corrected chi connectivity index (χ3v) is 4.10. The van der Waals surface area contributed by atoms with Gasteiger partial charge in [0.1, 0.15) is 0 Å². The minimum atomic E-state index is 0.302. The van der Waals surface area contributed by atoms with Crippen molar-refractivity contribution in [2.24, 2.45) is 4.99 Å². The highest BCUT2D eigenvalue weighted by Gasteiger charge is 2.15. The molecular formula is C18H38N4O2. The average molecular weight is 343 g/mol. The summed E-state index contributed by atoms with van der Waals surface area (Å²) < 4.78 is 11.1. The van der Waals surface area contributed by atoms with Gasteiger partial charge >= 0.3 is 0 Å². The van der Waals surface area contributed by atoms with E-state index in [1.807, 2.05) is 7.05 Å². The van der Waals surface area contributed by atoms with Crippen LogP contribution in [-0.4, -0.2) is 76.6 Å². The van der Waals surface area contributed by atoms with Gasteiger partial charge in [0, 0.05) is 33.4 Å². The maximum Gasteiger partial charge on any atom is 0.190 e. The molecule has 0 aromatic carbocycles. The highest BCUT2D eigenvalue weighted by Crippen LogP contribution is 2.07. The van der Waals surface area contributed by atoms with E-state index in [9.17, 15) is 0 Å². The first-order chi connectivity index (χ1) is 11.8. The fraction of sp³-hybridized carbons (Fsp3) is 0.944. The lowest BCUT2D eigenvalue weighted by molar-refractivity contribution is 0.0420. The van der Waals surface area contributed by atoms with Gasteiger partial charge in [-0.2, -0.15) is 0 Å². The molecule has 1 heterocycles. The van der Waals surface area contributed by atoms with Crippen LogP contribution in [0.3, 0.4) is 0 Å². The molecule has 0 saturated carbocycles. The molecule has 0 bridgehead atoms. The minimum absolute atomic E-state index is 0.302. The SMILES string of the molecule is CCCN(CCC)CCCNC(=NC)NCCCOC1CCOC1. The van der Waals surface area contributed by atoms with Gasteiger partial charge in [-0.05, 0) is 51.7 Å². The lowest BCUT2D eigenvalue weighted by Crippen LogP contribution is -2.39. The molecule has 24 heavy (non-hydrogen) atoms. The first-order valence-corrected chi connectivity index (χ1v) is 9.66.